The molecule has 0 aliphatic heterocycles. The van der Waals surface area contributed by atoms with Crippen LogP contribution in [0.2, 0.25) is 0 Å². The smallest absolute Gasteiger partial charge is 0.119 e. The Kier molecular flexibility index (Phi) is 2.67. The maximum atomic E-state index is 9.83. The molecule has 0 amide bonds. The number of para-hydroxylation sites is 1. The number of rotatable bonds is 3. The summed E-state index contributed by atoms with van der Waals surface area (Å²) in [5, 5.41) is 9.83. The summed E-state index contributed by atoms with van der Waals surface area (Å²) < 4.78 is 5.24. The van der Waals surface area contributed by atoms with Gasteiger partial charge in [-0.2, -0.15) is 0 Å². The maximum absolute atomic E-state index is 9.83. The van der Waals surface area contributed by atoms with Crippen LogP contribution in [-0.4, -0.2) is 24.9 Å². The monoisotopic (exact) mass is 207 g/mol. The van der Waals surface area contributed by atoms with E-state index in [1.807, 2.05) is 18.2 Å². The Bertz CT molecular complexity index is 340. The van der Waals surface area contributed by atoms with Crippen LogP contribution in [0.15, 0.2) is 24.3 Å². The topological polar surface area (TPSA) is 55.5 Å². The summed E-state index contributed by atoms with van der Waals surface area (Å²) in [5.74, 6) is 0.349. The number of methoxy groups -OCH3 is 1. The minimum atomic E-state index is -0.0699. The highest BCUT2D eigenvalue weighted by Crippen LogP contribution is 2.46. The van der Waals surface area contributed by atoms with Gasteiger partial charge in [-0.25, -0.2) is 0 Å². The number of hydrogen-bond donors (Lipinski definition) is 2. The van der Waals surface area contributed by atoms with E-state index >= 15 is 0 Å². The van der Waals surface area contributed by atoms with E-state index in [0.29, 0.717) is 12.4 Å². The zero-order chi connectivity index (χ0) is 10.9. The van der Waals surface area contributed by atoms with Crippen molar-refractivity contribution in [1.82, 2.24) is 0 Å². The Morgan fingerprint density at radius 3 is 2.67 bits per heavy atom. The van der Waals surface area contributed by atoms with Crippen molar-refractivity contribution in [2.24, 2.45) is 5.73 Å². The van der Waals surface area contributed by atoms with Gasteiger partial charge in [0, 0.05) is 24.1 Å². The van der Waals surface area contributed by atoms with Gasteiger partial charge in [0.05, 0.1) is 6.61 Å². The number of nitrogens with two attached hydrogens (primary N) is 1. The van der Waals surface area contributed by atoms with Crippen molar-refractivity contribution in [3.8, 4) is 5.75 Å². The van der Waals surface area contributed by atoms with Crippen LogP contribution in [-0.2, 0) is 10.2 Å². The van der Waals surface area contributed by atoms with Crippen molar-refractivity contribution in [3.63, 3.8) is 0 Å². The highest BCUT2D eigenvalue weighted by atomic mass is 16.5. The zero-order valence-corrected chi connectivity index (χ0v) is 8.94. The molecule has 1 saturated carbocycles. The second kappa shape index (κ2) is 3.83. The predicted molar refractivity (Wildman–Crippen MR) is 58.9 cm³/mol. The predicted octanol–water partition coefficient (Wildman–Crippen LogP) is 1.40. The summed E-state index contributed by atoms with van der Waals surface area (Å²) in [7, 11) is 1.69. The largest absolute Gasteiger partial charge is 0.508 e. The van der Waals surface area contributed by atoms with E-state index in [0.717, 1.165) is 18.4 Å². The molecule has 3 nitrogen and oxygen atoms in total. The first-order valence-corrected chi connectivity index (χ1v) is 5.21. The summed E-state index contributed by atoms with van der Waals surface area (Å²) >= 11 is 0. The Morgan fingerprint density at radius 2 is 2.13 bits per heavy atom. The van der Waals surface area contributed by atoms with Gasteiger partial charge >= 0.3 is 0 Å². The van der Waals surface area contributed by atoms with Gasteiger partial charge in [-0.15, -0.1) is 0 Å². The van der Waals surface area contributed by atoms with Crippen LogP contribution in [0, 0.1) is 0 Å². The Labute approximate surface area is 89.9 Å². The lowest BCUT2D eigenvalue weighted by molar-refractivity contribution is 0.0645. The van der Waals surface area contributed by atoms with E-state index in [9.17, 15) is 5.11 Å². The molecule has 82 valence electrons. The zero-order valence-electron chi connectivity index (χ0n) is 8.94. The molecule has 1 fully saturated rings. The van der Waals surface area contributed by atoms with Gasteiger partial charge in [0.1, 0.15) is 5.75 Å². The summed E-state index contributed by atoms with van der Waals surface area (Å²) in [6.07, 6.45) is 1.77. The highest BCUT2D eigenvalue weighted by Gasteiger charge is 2.45. The van der Waals surface area contributed by atoms with Gasteiger partial charge < -0.3 is 15.6 Å². The van der Waals surface area contributed by atoms with Crippen molar-refractivity contribution in [1.29, 1.82) is 0 Å². The molecule has 0 heterocycles. The van der Waals surface area contributed by atoms with Crippen molar-refractivity contribution >= 4 is 0 Å². The van der Waals surface area contributed by atoms with Crippen LogP contribution in [0.3, 0.4) is 0 Å². The molecule has 0 saturated heterocycles. The second-order valence-electron chi connectivity index (χ2n) is 4.40. The Hall–Kier alpha value is -1.06. The number of aromatic hydroxyl groups is 1. The third-order valence-electron chi connectivity index (χ3n) is 3.20. The normalized spacial score (nSPS) is 29.9. The van der Waals surface area contributed by atoms with E-state index in [1.165, 1.54) is 0 Å². The van der Waals surface area contributed by atoms with Crippen LogP contribution in [0.25, 0.3) is 0 Å². The lowest BCUT2D eigenvalue weighted by atomic mass is 9.62. The number of ether oxygens (including phenoxy) is 1. The molecule has 1 aliphatic carbocycles. The van der Waals surface area contributed by atoms with Crippen LogP contribution in [0.1, 0.15) is 18.4 Å². The Balaban J connectivity index is 2.30. The van der Waals surface area contributed by atoms with Crippen molar-refractivity contribution < 1.29 is 9.84 Å². The van der Waals surface area contributed by atoms with Crippen LogP contribution in [0.4, 0.5) is 0 Å². The first kappa shape index (κ1) is 10.5. The number of phenolic OH excluding ortho intramolecular Hbond substituents is 1. The molecule has 15 heavy (non-hydrogen) atoms. The van der Waals surface area contributed by atoms with Gasteiger partial charge in [-0.1, -0.05) is 18.2 Å². The van der Waals surface area contributed by atoms with Crippen LogP contribution >= 0.6 is 0 Å². The molecular weight excluding hydrogens is 190 g/mol. The lowest BCUT2D eigenvalue weighted by Gasteiger charge is -2.46. The fourth-order valence-electron chi connectivity index (χ4n) is 2.56. The van der Waals surface area contributed by atoms with E-state index in [-0.39, 0.29) is 11.5 Å². The summed E-state index contributed by atoms with van der Waals surface area (Å²) in [6.45, 7) is 0.623. The van der Waals surface area contributed by atoms with E-state index in [2.05, 4.69) is 0 Å². The molecule has 0 aromatic heterocycles. The average Bonchev–Trinajstić information content (AvgIpc) is 2.16. The molecule has 2 rings (SSSR count). The molecule has 0 radical (unpaired) electrons. The van der Waals surface area contributed by atoms with Gasteiger partial charge in [-0.3, -0.25) is 0 Å². The molecule has 1 aromatic carbocycles. The molecule has 1 aliphatic rings. The third-order valence-corrected chi connectivity index (χ3v) is 3.20. The molecule has 0 spiro atoms. The maximum Gasteiger partial charge on any atom is 0.119 e. The molecule has 3 N–H and O–H groups in total. The third kappa shape index (κ3) is 1.73. The number of phenols is 1. The van der Waals surface area contributed by atoms with Gasteiger partial charge in [0.2, 0.25) is 0 Å². The number of benzene rings is 1. The van der Waals surface area contributed by atoms with Crippen molar-refractivity contribution in [2.45, 2.75) is 24.3 Å². The molecule has 1 aromatic rings. The van der Waals surface area contributed by atoms with E-state index in [4.69, 9.17) is 10.5 Å². The first-order valence-electron chi connectivity index (χ1n) is 5.21. The second-order valence-corrected chi connectivity index (χ2v) is 4.40. The van der Waals surface area contributed by atoms with Crippen LogP contribution in [0.5, 0.6) is 5.75 Å². The minimum absolute atomic E-state index is 0.0699. The fraction of sp³-hybridized carbons (Fsp3) is 0.500. The molecule has 0 bridgehead atoms. The SMILES string of the molecule is COCC1(c2ccccc2O)CC(N)C1. The van der Waals surface area contributed by atoms with Gasteiger partial charge in [0.25, 0.3) is 0 Å². The van der Waals surface area contributed by atoms with Crippen molar-refractivity contribution in [3.05, 3.63) is 29.8 Å². The highest BCUT2D eigenvalue weighted by molar-refractivity contribution is 5.41. The summed E-state index contributed by atoms with van der Waals surface area (Å²) in [6, 6.07) is 7.69. The summed E-state index contributed by atoms with van der Waals surface area (Å²) in [5.41, 5.74) is 6.73. The standard InChI is InChI=1S/C12H17NO2/c1-15-8-12(6-9(13)7-12)10-4-2-3-5-11(10)14/h2-5,9,14H,6-8,13H2,1H3. The molecular formula is C12H17NO2. The van der Waals surface area contributed by atoms with Gasteiger partial charge in [0.15, 0.2) is 0 Å². The summed E-state index contributed by atoms with van der Waals surface area (Å²) in [4.78, 5) is 0. The quantitative estimate of drug-likeness (QED) is 0.787. The number of hydrogen-bond acceptors (Lipinski definition) is 3. The van der Waals surface area contributed by atoms with Gasteiger partial charge in [-0.05, 0) is 18.9 Å². The molecule has 0 atom stereocenters. The first-order chi connectivity index (χ1) is 7.18. The molecule has 0 unspecified atom stereocenters. The average molecular weight is 207 g/mol. The van der Waals surface area contributed by atoms with Crippen LogP contribution < -0.4 is 5.73 Å². The lowest BCUT2D eigenvalue weighted by Crippen LogP contribution is -2.51. The van der Waals surface area contributed by atoms with E-state index < -0.39 is 0 Å². The Morgan fingerprint density at radius 1 is 1.47 bits per heavy atom. The minimum Gasteiger partial charge on any atom is -0.508 e. The van der Waals surface area contributed by atoms with E-state index in [1.54, 1.807) is 13.2 Å². The molecule has 3 heteroatoms. The fourth-order valence-corrected chi connectivity index (χ4v) is 2.56. The van der Waals surface area contributed by atoms with Crippen molar-refractivity contribution in [2.75, 3.05) is 13.7 Å².